The number of fused-ring (bicyclic) bond motifs is 1. The average Bonchev–Trinajstić information content (AvgIpc) is 3.13. The first kappa shape index (κ1) is 25.1. The summed E-state index contributed by atoms with van der Waals surface area (Å²) >= 11 is 2.35. The molecular formula is C16H18N5NaO7S2. The van der Waals surface area contributed by atoms with E-state index >= 15 is 0 Å². The standard InChI is InChI=1S/C16H17N5O7S2.Na.H/c1-6(22)28-3-7-4-29-14-10(13(24)21(14)11(7)15(25)26)19-12(23)9(20-27-2)8-5-30-16(17)18-8;;/h5,10,14H,3-4H2,1-2H3,(H2,17,18)(H,19,23)(H,25,26);;. The number of carboxylic acid groups (broad SMARTS) is 1. The third-order valence-electron chi connectivity index (χ3n) is 4.15. The van der Waals surface area contributed by atoms with Crippen LogP contribution in [0.3, 0.4) is 0 Å². The molecule has 3 heterocycles. The molecule has 4 N–H and O–H groups in total. The number of nitrogens with one attached hydrogen (secondary N) is 1. The maximum atomic E-state index is 12.7. The Balaban J connectivity index is 0.00000341. The van der Waals surface area contributed by atoms with Gasteiger partial charge in [0.25, 0.3) is 11.8 Å². The van der Waals surface area contributed by atoms with Crippen LogP contribution in [0.15, 0.2) is 21.8 Å². The molecule has 15 heteroatoms. The van der Waals surface area contributed by atoms with Gasteiger partial charge in [0.2, 0.25) is 0 Å². The summed E-state index contributed by atoms with van der Waals surface area (Å²) in [5, 5.41) is 16.9. The first-order chi connectivity index (χ1) is 14.2. The Morgan fingerprint density at radius 2 is 2.16 bits per heavy atom. The fourth-order valence-electron chi connectivity index (χ4n) is 2.88. The fourth-order valence-corrected chi connectivity index (χ4v) is 4.76. The van der Waals surface area contributed by atoms with Crippen molar-refractivity contribution in [3.63, 3.8) is 0 Å². The molecule has 0 radical (unpaired) electrons. The van der Waals surface area contributed by atoms with Crippen molar-refractivity contribution in [2.75, 3.05) is 25.2 Å². The molecule has 0 spiro atoms. The number of aromatic nitrogens is 1. The zero-order valence-electron chi connectivity index (χ0n) is 15.8. The van der Waals surface area contributed by atoms with E-state index in [-0.39, 0.29) is 64.2 Å². The molecule has 0 saturated carbocycles. The van der Waals surface area contributed by atoms with Gasteiger partial charge in [-0.25, -0.2) is 9.78 Å². The Bertz CT molecular complexity index is 979. The van der Waals surface area contributed by atoms with E-state index in [0.717, 1.165) is 16.2 Å². The van der Waals surface area contributed by atoms with Crippen LogP contribution in [0.1, 0.15) is 12.6 Å². The van der Waals surface area contributed by atoms with E-state index in [2.05, 4.69) is 20.3 Å². The second kappa shape index (κ2) is 10.5. The number of hydrogen-bond acceptors (Lipinski definition) is 11. The number of nitrogens with zero attached hydrogens (tertiary/aromatic N) is 3. The number of thiazole rings is 1. The molecule has 0 aromatic carbocycles. The van der Waals surface area contributed by atoms with Crippen molar-refractivity contribution in [1.29, 1.82) is 0 Å². The number of nitrogen functional groups attached to an aromatic ring is 1. The number of aliphatic carboxylic acids is 1. The van der Waals surface area contributed by atoms with Crippen LogP contribution in [-0.2, 0) is 28.8 Å². The number of ether oxygens (including phenoxy) is 1. The number of nitrogens with two attached hydrogens (primary N) is 1. The molecule has 0 bridgehead atoms. The van der Waals surface area contributed by atoms with Crippen molar-refractivity contribution >= 4 is 87.3 Å². The SMILES string of the molecule is CON=C(C(=O)NC1C(=O)N2C(C(=O)O)=C(COC(C)=O)CSC12)c1csc(N)n1.[NaH]. The van der Waals surface area contributed by atoms with E-state index in [0.29, 0.717) is 5.57 Å². The number of carboxylic acids is 1. The second-order valence-electron chi connectivity index (χ2n) is 6.09. The molecule has 1 fully saturated rings. The topological polar surface area (TPSA) is 174 Å². The van der Waals surface area contributed by atoms with Gasteiger partial charge in [-0.05, 0) is 0 Å². The van der Waals surface area contributed by atoms with Gasteiger partial charge in [0.15, 0.2) is 10.8 Å². The summed E-state index contributed by atoms with van der Waals surface area (Å²) in [5.74, 6) is -2.98. The molecule has 0 aliphatic carbocycles. The number of anilines is 1. The summed E-state index contributed by atoms with van der Waals surface area (Å²) in [6, 6.07) is -0.967. The van der Waals surface area contributed by atoms with Gasteiger partial charge in [0, 0.05) is 23.6 Å². The molecule has 3 rings (SSSR count). The Morgan fingerprint density at radius 3 is 2.71 bits per heavy atom. The zero-order chi connectivity index (χ0) is 22.0. The first-order valence-electron chi connectivity index (χ1n) is 8.41. The van der Waals surface area contributed by atoms with E-state index in [9.17, 15) is 24.3 Å². The summed E-state index contributed by atoms with van der Waals surface area (Å²) in [4.78, 5) is 57.8. The molecule has 1 aromatic heterocycles. The van der Waals surface area contributed by atoms with Gasteiger partial charge >= 0.3 is 41.5 Å². The number of thioether (sulfide) groups is 1. The van der Waals surface area contributed by atoms with E-state index in [1.807, 2.05) is 0 Å². The molecular weight excluding hydrogens is 461 g/mol. The second-order valence-corrected chi connectivity index (χ2v) is 8.09. The molecule has 2 amide bonds. The van der Waals surface area contributed by atoms with Crippen LogP contribution >= 0.6 is 23.1 Å². The van der Waals surface area contributed by atoms with Crippen molar-refractivity contribution in [3.05, 3.63) is 22.3 Å². The van der Waals surface area contributed by atoms with Crippen LogP contribution in [-0.4, -0.2) is 105 Å². The number of β-lactam (4-membered cyclic amide) rings is 1. The molecule has 2 aliphatic heterocycles. The Labute approximate surface area is 206 Å². The van der Waals surface area contributed by atoms with E-state index < -0.39 is 35.2 Å². The van der Waals surface area contributed by atoms with E-state index in [1.54, 1.807) is 0 Å². The summed E-state index contributed by atoms with van der Waals surface area (Å²) in [6.45, 7) is 0.975. The van der Waals surface area contributed by atoms with Crippen molar-refractivity contribution in [3.8, 4) is 0 Å². The van der Waals surface area contributed by atoms with Crippen molar-refractivity contribution in [2.45, 2.75) is 18.3 Å². The number of hydrogen-bond donors (Lipinski definition) is 3. The molecule has 2 unspecified atom stereocenters. The Morgan fingerprint density at radius 1 is 1.45 bits per heavy atom. The molecule has 162 valence electrons. The third-order valence-corrected chi connectivity index (χ3v) is 6.16. The van der Waals surface area contributed by atoms with Gasteiger partial charge in [-0.15, -0.1) is 23.1 Å². The molecule has 2 aliphatic rings. The molecule has 12 nitrogen and oxygen atoms in total. The summed E-state index contributed by atoms with van der Waals surface area (Å²) in [7, 11) is 1.25. The third kappa shape index (κ3) is 5.20. The number of carbonyl (C=O) groups excluding carboxylic acids is 3. The minimum atomic E-state index is -1.32. The Hall–Kier alpha value is -2.13. The summed E-state index contributed by atoms with van der Waals surface area (Å²) in [5.41, 5.74) is 5.67. The van der Waals surface area contributed by atoms with Crippen LogP contribution in [0.25, 0.3) is 0 Å². The number of esters is 1. The molecule has 1 saturated heterocycles. The van der Waals surface area contributed by atoms with Crippen LogP contribution in [0.5, 0.6) is 0 Å². The first-order valence-corrected chi connectivity index (χ1v) is 10.3. The minimum absolute atomic E-state index is 0. The molecule has 2 atom stereocenters. The number of oxime groups is 1. The fraction of sp³-hybridized carbons (Fsp3) is 0.375. The Kier molecular flexibility index (Phi) is 8.48. The van der Waals surface area contributed by atoms with Gasteiger partial charge < -0.3 is 25.7 Å². The predicted octanol–water partition coefficient (Wildman–Crippen LogP) is -1.27. The number of rotatable bonds is 7. The number of amides is 2. The van der Waals surface area contributed by atoms with Crippen LogP contribution in [0, 0.1) is 0 Å². The average molecular weight is 479 g/mol. The summed E-state index contributed by atoms with van der Waals surface area (Å²) in [6.07, 6.45) is 0. The normalized spacial score (nSPS) is 20.3. The molecule has 1 aromatic rings. The predicted molar refractivity (Wildman–Crippen MR) is 114 cm³/mol. The number of carbonyl (C=O) groups is 4. The van der Waals surface area contributed by atoms with E-state index in [4.69, 9.17) is 10.5 Å². The van der Waals surface area contributed by atoms with Gasteiger partial charge in [-0.2, -0.15) is 0 Å². The van der Waals surface area contributed by atoms with Gasteiger partial charge in [0.05, 0.1) is 0 Å². The van der Waals surface area contributed by atoms with Gasteiger partial charge in [-0.3, -0.25) is 19.3 Å². The van der Waals surface area contributed by atoms with Crippen molar-refractivity contribution < 1.29 is 33.9 Å². The van der Waals surface area contributed by atoms with Crippen LogP contribution in [0.2, 0.25) is 0 Å². The van der Waals surface area contributed by atoms with Crippen molar-refractivity contribution in [2.24, 2.45) is 5.16 Å². The van der Waals surface area contributed by atoms with Gasteiger partial charge in [-0.1, -0.05) is 5.16 Å². The van der Waals surface area contributed by atoms with Crippen LogP contribution in [0.4, 0.5) is 5.13 Å². The molecule has 31 heavy (non-hydrogen) atoms. The van der Waals surface area contributed by atoms with E-state index in [1.165, 1.54) is 31.2 Å². The quantitative estimate of drug-likeness (QED) is 0.141. The van der Waals surface area contributed by atoms with Crippen molar-refractivity contribution in [1.82, 2.24) is 15.2 Å². The maximum absolute atomic E-state index is 12.7. The van der Waals surface area contributed by atoms with Gasteiger partial charge in [0.1, 0.15) is 36.5 Å². The monoisotopic (exact) mass is 479 g/mol. The summed E-state index contributed by atoms with van der Waals surface area (Å²) < 4.78 is 4.88. The van der Waals surface area contributed by atoms with Crippen LogP contribution < -0.4 is 11.1 Å². The zero-order valence-corrected chi connectivity index (χ0v) is 17.4.